The van der Waals surface area contributed by atoms with Crippen LogP contribution in [-0.2, 0) is 11.3 Å². The van der Waals surface area contributed by atoms with E-state index in [9.17, 15) is 4.79 Å². The molecule has 1 aromatic carbocycles. The van der Waals surface area contributed by atoms with Crippen LogP contribution in [0.1, 0.15) is 38.7 Å². The third-order valence-electron chi connectivity index (χ3n) is 3.81. The van der Waals surface area contributed by atoms with Crippen molar-refractivity contribution in [1.82, 2.24) is 5.32 Å². The minimum atomic E-state index is -0.274. The molecule has 0 aliphatic carbocycles. The summed E-state index contributed by atoms with van der Waals surface area (Å²) in [5.41, 5.74) is 7.61. The van der Waals surface area contributed by atoms with Crippen LogP contribution in [0, 0.1) is 0 Å². The number of hydrogen-bond donors (Lipinski definition) is 2. The fourth-order valence-corrected chi connectivity index (χ4v) is 2.76. The van der Waals surface area contributed by atoms with E-state index in [2.05, 4.69) is 34.5 Å². The summed E-state index contributed by atoms with van der Waals surface area (Å²) in [7, 11) is 0. The minimum absolute atomic E-state index is 0.268. The third kappa shape index (κ3) is 3.97. The van der Waals surface area contributed by atoms with Gasteiger partial charge in [0.25, 0.3) is 0 Å². The molecule has 4 nitrogen and oxygen atoms in total. The summed E-state index contributed by atoms with van der Waals surface area (Å²) in [5.74, 6) is -0.268. The molecule has 2 rings (SSSR count). The van der Waals surface area contributed by atoms with Crippen LogP contribution in [0.3, 0.4) is 0 Å². The van der Waals surface area contributed by atoms with Gasteiger partial charge in [0.2, 0.25) is 5.91 Å². The first-order valence-corrected chi connectivity index (χ1v) is 7.34. The lowest BCUT2D eigenvalue weighted by Crippen LogP contribution is -2.42. The maximum Gasteiger partial charge on any atom is 0.219 e. The number of nitrogens with two attached hydrogens (primary N) is 1. The van der Waals surface area contributed by atoms with Crippen LogP contribution >= 0.6 is 0 Å². The number of hydrogen-bond acceptors (Lipinski definition) is 3. The van der Waals surface area contributed by atoms with Crippen molar-refractivity contribution in [2.24, 2.45) is 5.73 Å². The highest BCUT2D eigenvalue weighted by molar-refractivity contribution is 5.75. The Bertz CT molecular complexity index is 465. The van der Waals surface area contributed by atoms with Crippen molar-refractivity contribution in [1.29, 1.82) is 0 Å². The van der Waals surface area contributed by atoms with Crippen molar-refractivity contribution >= 4 is 11.6 Å². The van der Waals surface area contributed by atoms with Crippen molar-refractivity contribution in [3.63, 3.8) is 0 Å². The van der Waals surface area contributed by atoms with Crippen molar-refractivity contribution in [3.05, 3.63) is 29.8 Å². The van der Waals surface area contributed by atoms with Gasteiger partial charge < -0.3 is 16.0 Å². The largest absolute Gasteiger partial charge is 0.371 e. The minimum Gasteiger partial charge on any atom is -0.371 e. The van der Waals surface area contributed by atoms with E-state index >= 15 is 0 Å². The maximum absolute atomic E-state index is 11.1. The van der Waals surface area contributed by atoms with Crippen molar-refractivity contribution in [3.8, 4) is 0 Å². The summed E-state index contributed by atoms with van der Waals surface area (Å²) in [5, 5.41) is 3.44. The van der Waals surface area contributed by atoms with E-state index in [1.807, 2.05) is 13.8 Å². The van der Waals surface area contributed by atoms with Crippen molar-refractivity contribution in [2.75, 3.05) is 18.0 Å². The molecule has 0 radical (unpaired) electrons. The molecule has 1 aliphatic heterocycles. The van der Waals surface area contributed by atoms with Gasteiger partial charge in [0.1, 0.15) is 0 Å². The zero-order chi connectivity index (χ0) is 14.6. The van der Waals surface area contributed by atoms with E-state index in [1.165, 1.54) is 24.1 Å². The van der Waals surface area contributed by atoms with Crippen molar-refractivity contribution < 1.29 is 4.79 Å². The second-order valence-electron chi connectivity index (χ2n) is 6.20. The van der Waals surface area contributed by atoms with E-state index < -0.39 is 0 Å². The molecule has 1 amide bonds. The molecule has 1 aromatic rings. The summed E-state index contributed by atoms with van der Waals surface area (Å²) >= 11 is 0. The van der Waals surface area contributed by atoms with Crippen LogP contribution in [0.25, 0.3) is 0 Å². The molecule has 0 saturated carbocycles. The molecule has 0 spiro atoms. The van der Waals surface area contributed by atoms with Gasteiger partial charge in [-0.3, -0.25) is 4.79 Å². The van der Waals surface area contributed by atoms with Gasteiger partial charge >= 0.3 is 0 Å². The fraction of sp³-hybridized carbons (Fsp3) is 0.562. The second kappa shape index (κ2) is 6.27. The Morgan fingerprint density at radius 2 is 1.95 bits per heavy atom. The Hall–Kier alpha value is -1.55. The average molecular weight is 275 g/mol. The predicted octanol–water partition coefficient (Wildman–Crippen LogP) is 2.03. The van der Waals surface area contributed by atoms with E-state index in [1.54, 1.807) is 0 Å². The van der Waals surface area contributed by atoms with Crippen LogP contribution in [0.5, 0.6) is 0 Å². The molecule has 4 heteroatoms. The molecule has 1 fully saturated rings. The third-order valence-corrected chi connectivity index (χ3v) is 3.81. The zero-order valence-corrected chi connectivity index (χ0v) is 12.5. The Morgan fingerprint density at radius 3 is 2.60 bits per heavy atom. The highest BCUT2D eigenvalue weighted by Gasteiger charge is 2.21. The number of benzene rings is 1. The first-order valence-electron chi connectivity index (χ1n) is 7.34. The summed E-state index contributed by atoms with van der Waals surface area (Å²) in [6.45, 7) is 7.06. The van der Waals surface area contributed by atoms with Gasteiger partial charge in [-0.05, 0) is 38.3 Å². The van der Waals surface area contributed by atoms with Gasteiger partial charge in [-0.25, -0.2) is 0 Å². The molecule has 1 heterocycles. The number of primary amides is 1. The summed E-state index contributed by atoms with van der Waals surface area (Å²) in [6.07, 6.45) is 2.89. The standard InChI is InChI=1S/C16H25N3O/c1-16(2,11-15(17)20)18-12-13-7-3-4-8-14(13)19-9-5-6-10-19/h3-4,7-8,18H,5-6,9-12H2,1-2H3,(H2,17,20). The summed E-state index contributed by atoms with van der Waals surface area (Å²) in [4.78, 5) is 13.5. The molecule has 0 aromatic heterocycles. The number of carbonyl (C=O) groups excluding carboxylic acids is 1. The Balaban J connectivity index is 2.04. The number of nitrogens with zero attached hydrogens (tertiary/aromatic N) is 1. The number of anilines is 1. The van der Waals surface area contributed by atoms with Crippen LogP contribution in [0.4, 0.5) is 5.69 Å². The number of para-hydroxylation sites is 1. The second-order valence-corrected chi connectivity index (χ2v) is 6.20. The van der Waals surface area contributed by atoms with Gasteiger partial charge in [0, 0.05) is 37.3 Å². The molecule has 1 aliphatic rings. The van der Waals surface area contributed by atoms with E-state index in [0.717, 1.165) is 19.6 Å². The lowest BCUT2D eigenvalue weighted by molar-refractivity contribution is -0.119. The maximum atomic E-state index is 11.1. The van der Waals surface area contributed by atoms with Crippen LogP contribution in [-0.4, -0.2) is 24.5 Å². The lowest BCUT2D eigenvalue weighted by Gasteiger charge is -2.27. The monoisotopic (exact) mass is 275 g/mol. The predicted molar refractivity (Wildman–Crippen MR) is 82.6 cm³/mol. The highest BCUT2D eigenvalue weighted by Crippen LogP contribution is 2.25. The highest BCUT2D eigenvalue weighted by atomic mass is 16.1. The number of rotatable bonds is 6. The topological polar surface area (TPSA) is 58.4 Å². The zero-order valence-electron chi connectivity index (χ0n) is 12.5. The lowest BCUT2D eigenvalue weighted by atomic mass is 9.99. The normalized spacial score (nSPS) is 15.6. The molecular weight excluding hydrogens is 250 g/mol. The van der Waals surface area contributed by atoms with Gasteiger partial charge in [0.15, 0.2) is 0 Å². The quantitative estimate of drug-likeness (QED) is 0.835. The van der Waals surface area contributed by atoms with Crippen LogP contribution < -0.4 is 16.0 Å². The van der Waals surface area contributed by atoms with E-state index in [-0.39, 0.29) is 11.4 Å². The molecule has 20 heavy (non-hydrogen) atoms. The molecule has 3 N–H and O–H groups in total. The molecular formula is C16H25N3O. The Kier molecular flexibility index (Phi) is 4.65. The first kappa shape index (κ1) is 14.9. The molecule has 0 bridgehead atoms. The summed E-state index contributed by atoms with van der Waals surface area (Å²) in [6, 6.07) is 8.49. The van der Waals surface area contributed by atoms with E-state index in [0.29, 0.717) is 6.42 Å². The molecule has 0 unspecified atom stereocenters. The van der Waals surface area contributed by atoms with Gasteiger partial charge in [0.05, 0.1) is 0 Å². The average Bonchev–Trinajstić information content (AvgIpc) is 2.89. The number of amides is 1. The Morgan fingerprint density at radius 1 is 1.30 bits per heavy atom. The number of carbonyl (C=O) groups is 1. The number of nitrogens with one attached hydrogen (secondary N) is 1. The molecule has 1 saturated heterocycles. The molecule has 110 valence electrons. The van der Waals surface area contributed by atoms with Crippen LogP contribution in [0.2, 0.25) is 0 Å². The first-order chi connectivity index (χ1) is 9.48. The Labute approximate surface area is 121 Å². The van der Waals surface area contributed by atoms with E-state index in [4.69, 9.17) is 5.73 Å². The molecule has 0 atom stereocenters. The van der Waals surface area contributed by atoms with Gasteiger partial charge in [-0.1, -0.05) is 18.2 Å². The van der Waals surface area contributed by atoms with Gasteiger partial charge in [-0.2, -0.15) is 0 Å². The SMILES string of the molecule is CC(C)(CC(N)=O)NCc1ccccc1N1CCCC1. The van der Waals surface area contributed by atoms with Crippen molar-refractivity contribution in [2.45, 2.75) is 45.2 Å². The summed E-state index contributed by atoms with van der Waals surface area (Å²) < 4.78 is 0. The smallest absolute Gasteiger partial charge is 0.219 e. The van der Waals surface area contributed by atoms with Gasteiger partial charge in [-0.15, -0.1) is 0 Å². The fourth-order valence-electron chi connectivity index (χ4n) is 2.76. The van der Waals surface area contributed by atoms with Crippen LogP contribution in [0.15, 0.2) is 24.3 Å².